The lowest BCUT2D eigenvalue weighted by Gasteiger charge is -2.12. The largest absolute Gasteiger partial charge is 0.490 e. The van der Waals surface area contributed by atoms with Gasteiger partial charge in [-0.25, -0.2) is 4.79 Å². The number of carbonyl (C=O) groups is 1. The smallest absolute Gasteiger partial charge is 0.334 e. The lowest BCUT2D eigenvalue weighted by molar-refractivity contribution is -0.137. The van der Waals surface area contributed by atoms with Gasteiger partial charge in [0.05, 0.1) is 24.3 Å². The summed E-state index contributed by atoms with van der Waals surface area (Å²) in [6, 6.07) is 9.52. The van der Waals surface area contributed by atoms with E-state index in [1.54, 1.807) is 13.0 Å². The molecule has 0 aliphatic carbocycles. The van der Waals surface area contributed by atoms with Crippen LogP contribution in [0.4, 0.5) is 0 Å². The average molecular weight is 257 g/mol. The third-order valence-electron chi connectivity index (χ3n) is 2.94. The average Bonchev–Trinajstić information content (AvgIpc) is 2.87. The third-order valence-corrected chi connectivity index (χ3v) is 2.94. The van der Waals surface area contributed by atoms with Gasteiger partial charge < -0.3 is 9.47 Å². The molecular weight excluding hydrogens is 242 g/mol. The second-order valence-corrected chi connectivity index (χ2v) is 4.21. The first kappa shape index (κ1) is 13.2. The number of rotatable bonds is 3. The quantitative estimate of drug-likeness (QED) is 0.617. The molecule has 1 saturated heterocycles. The third kappa shape index (κ3) is 3.14. The molecule has 1 atom stereocenters. The topological polar surface area (TPSA) is 59.3 Å². The van der Waals surface area contributed by atoms with Crippen LogP contribution in [0.25, 0.3) is 0 Å². The van der Waals surface area contributed by atoms with Crippen molar-refractivity contribution < 1.29 is 14.3 Å². The molecule has 0 amide bonds. The summed E-state index contributed by atoms with van der Waals surface area (Å²) in [5, 5.41) is 9.07. The number of nitriles is 1. The van der Waals surface area contributed by atoms with Crippen LogP contribution in [-0.4, -0.2) is 12.6 Å². The zero-order chi connectivity index (χ0) is 13.7. The first-order chi connectivity index (χ1) is 9.24. The van der Waals surface area contributed by atoms with E-state index in [0.717, 1.165) is 12.0 Å². The van der Waals surface area contributed by atoms with Crippen molar-refractivity contribution in [3.8, 4) is 6.07 Å². The van der Waals surface area contributed by atoms with Crippen LogP contribution < -0.4 is 0 Å². The van der Waals surface area contributed by atoms with Gasteiger partial charge in [-0.2, -0.15) is 5.26 Å². The maximum absolute atomic E-state index is 11.3. The molecule has 4 nitrogen and oxygen atoms in total. The monoisotopic (exact) mass is 257 g/mol. The SMILES string of the molecule is CCOC(=O)/C=C1\CCC(c2ccccc2C#N)O1. The van der Waals surface area contributed by atoms with Gasteiger partial charge in [0, 0.05) is 12.0 Å². The van der Waals surface area contributed by atoms with Crippen molar-refractivity contribution in [3.63, 3.8) is 0 Å². The van der Waals surface area contributed by atoms with E-state index in [0.29, 0.717) is 24.4 Å². The Labute approximate surface area is 112 Å². The molecule has 0 radical (unpaired) electrons. The van der Waals surface area contributed by atoms with Crippen LogP contribution in [-0.2, 0) is 14.3 Å². The van der Waals surface area contributed by atoms with Gasteiger partial charge in [0.15, 0.2) is 0 Å². The minimum Gasteiger partial charge on any atom is -0.490 e. The molecule has 1 aliphatic rings. The summed E-state index contributed by atoms with van der Waals surface area (Å²) in [4.78, 5) is 11.3. The molecule has 1 aliphatic heterocycles. The van der Waals surface area contributed by atoms with Crippen LogP contribution >= 0.6 is 0 Å². The molecule has 0 N–H and O–H groups in total. The minimum absolute atomic E-state index is 0.156. The van der Waals surface area contributed by atoms with Gasteiger partial charge in [0.1, 0.15) is 11.9 Å². The van der Waals surface area contributed by atoms with Gasteiger partial charge >= 0.3 is 5.97 Å². The van der Waals surface area contributed by atoms with E-state index < -0.39 is 0 Å². The number of benzene rings is 1. The molecule has 19 heavy (non-hydrogen) atoms. The van der Waals surface area contributed by atoms with Crippen molar-refractivity contribution in [2.75, 3.05) is 6.61 Å². The predicted molar refractivity (Wildman–Crippen MR) is 68.9 cm³/mol. The molecule has 98 valence electrons. The van der Waals surface area contributed by atoms with Crippen molar-refractivity contribution >= 4 is 5.97 Å². The highest BCUT2D eigenvalue weighted by Gasteiger charge is 2.25. The van der Waals surface area contributed by atoms with Crippen molar-refractivity contribution in [1.82, 2.24) is 0 Å². The maximum Gasteiger partial charge on any atom is 0.334 e. The van der Waals surface area contributed by atoms with Crippen LogP contribution in [0.1, 0.15) is 37.0 Å². The number of hydrogen-bond donors (Lipinski definition) is 0. The summed E-state index contributed by atoms with van der Waals surface area (Å²) in [6.07, 6.45) is 2.68. The molecule has 4 heteroatoms. The Hall–Kier alpha value is -2.28. The molecule has 1 aromatic rings. The summed E-state index contributed by atoms with van der Waals surface area (Å²) in [5.74, 6) is 0.239. The predicted octanol–water partition coefficient (Wildman–Crippen LogP) is 2.86. The molecule has 1 aromatic carbocycles. The van der Waals surface area contributed by atoms with E-state index in [-0.39, 0.29) is 12.1 Å². The van der Waals surface area contributed by atoms with Gasteiger partial charge in [-0.05, 0) is 19.4 Å². The summed E-state index contributed by atoms with van der Waals surface area (Å²) in [6.45, 7) is 2.11. The number of nitrogens with zero attached hydrogens (tertiary/aromatic N) is 1. The maximum atomic E-state index is 11.3. The van der Waals surface area contributed by atoms with Gasteiger partial charge in [-0.3, -0.25) is 0 Å². The van der Waals surface area contributed by atoms with Crippen molar-refractivity contribution in [2.24, 2.45) is 0 Å². The highest BCUT2D eigenvalue weighted by Crippen LogP contribution is 2.36. The number of carbonyl (C=O) groups excluding carboxylic acids is 1. The zero-order valence-electron chi connectivity index (χ0n) is 10.8. The van der Waals surface area contributed by atoms with Gasteiger partial charge in [-0.1, -0.05) is 18.2 Å². The Morgan fingerprint density at radius 1 is 1.58 bits per heavy atom. The summed E-state index contributed by atoms with van der Waals surface area (Å²) in [7, 11) is 0. The number of hydrogen-bond acceptors (Lipinski definition) is 4. The molecule has 0 saturated carbocycles. The molecule has 1 fully saturated rings. The van der Waals surface area contributed by atoms with E-state index in [1.165, 1.54) is 6.08 Å². The Balaban J connectivity index is 2.10. The Kier molecular flexibility index (Phi) is 4.19. The summed E-state index contributed by atoms with van der Waals surface area (Å²) >= 11 is 0. The van der Waals surface area contributed by atoms with Crippen LogP contribution in [0, 0.1) is 11.3 Å². The first-order valence-electron chi connectivity index (χ1n) is 6.27. The fraction of sp³-hybridized carbons (Fsp3) is 0.333. The Morgan fingerprint density at radius 2 is 2.37 bits per heavy atom. The van der Waals surface area contributed by atoms with Crippen molar-refractivity contribution in [2.45, 2.75) is 25.9 Å². The van der Waals surface area contributed by atoms with E-state index in [4.69, 9.17) is 14.7 Å². The second-order valence-electron chi connectivity index (χ2n) is 4.21. The second kappa shape index (κ2) is 6.05. The molecule has 0 spiro atoms. The van der Waals surface area contributed by atoms with Crippen LogP contribution in [0.3, 0.4) is 0 Å². The lowest BCUT2D eigenvalue weighted by atomic mass is 10.0. The van der Waals surface area contributed by atoms with Gasteiger partial charge in [-0.15, -0.1) is 0 Å². The van der Waals surface area contributed by atoms with Crippen molar-refractivity contribution in [1.29, 1.82) is 5.26 Å². The van der Waals surface area contributed by atoms with E-state index in [2.05, 4.69) is 6.07 Å². The summed E-state index contributed by atoms with van der Waals surface area (Å²) < 4.78 is 10.6. The Morgan fingerprint density at radius 3 is 3.11 bits per heavy atom. The zero-order valence-corrected chi connectivity index (χ0v) is 10.8. The van der Waals surface area contributed by atoms with Crippen molar-refractivity contribution in [3.05, 3.63) is 47.2 Å². The molecular formula is C15H15NO3. The fourth-order valence-electron chi connectivity index (χ4n) is 2.09. The fourth-order valence-corrected chi connectivity index (χ4v) is 2.09. The highest BCUT2D eigenvalue weighted by atomic mass is 16.5. The molecule has 2 rings (SSSR count). The van der Waals surface area contributed by atoms with Gasteiger partial charge in [0.2, 0.25) is 0 Å². The van der Waals surface area contributed by atoms with E-state index in [1.807, 2.05) is 18.2 Å². The number of esters is 1. The Bertz CT molecular complexity index is 543. The van der Waals surface area contributed by atoms with E-state index >= 15 is 0 Å². The number of allylic oxidation sites excluding steroid dienone is 1. The van der Waals surface area contributed by atoms with Crippen LogP contribution in [0.15, 0.2) is 36.1 Å². The molecule has 1 unspecified atom stereocenters. The first-order valence-corrected chi connectivity index (χ1v) is 6.27. The van der Waals surface area contributed by atoms with Gasteiger partial charge in [0.25, 0.3) is 0 Å². The minimum atomic E-state index is -0.383. The van der Waals surface area contributed by atoms with Crippen LogP contribution in [0.2, 0.25) is 0 Å². The molecule has 1 heterocycles. The lowest BCUT2D eigenvalue weighted by Crippen LogP contribution is -2.02. The van der Waals surface area contributed by atoms with E-state index in [9.17, 15) is 4.79 Å². The van der Waals surface area contributed by atoms with Crippen LogP contribution in [0.5, 0.6) is 0 Å². The summed E-state index contributed by atoms with van der Waals surface area (Å²) in [5.41, 5.74) is 1.49. The molecule has 0 bridgehead atoms. The standard InChI is InChI=1S/C15H15NO3/c1-2-18-15(17)9-12-7-8-14(19-12)13-6-4-3-5-11(13)10-16/h3-6,9,14H,2,7-8H2,1H3/b12-9+. The normalized spacial score (nSPS) is 19.8. The highest BCUT2D eigenvalue weighted by molar-refractivity contribution is 5.82. The number of ether oxygens (including phenoxy) is 2. The molecule has 0 aromatic heterocycles.